The van der Waals surface area contributed by atoms with Crippen molar-refractivity contribution in [2.75, 3.05) is 44.7 Å². The van der Waals surface area contributed by atoms with Gasteiger partial charge in [-0.1, -0.05) is 24.6 Å². The molecule has 20 heavy (non-hydrogen) atoms. The lowest BCUT2D eigenvalue weighted by Gasteiger charge is -2.36. The molecule has 0 amide bonds. The topological polar surface area (TPSA) is 18.5 Å². The Kier molecular flexibility index (Phi) is 5.70. The van der Waals surface area contributed by atoms with Crippen LogP contribution in [0.15, 0.2) is 18.2 Å². The van der Waals surface area contributed by atoms with Crippen molar-refractivity contribution in [1.29, 1.82) is 0 Å². The van der Waals surface area contributed by atoms with Gasteiger partial charge in [-0.3, -0.25) is 4.90 Å². The predicted molar refractivity (Wildman–Crippen MR) is 87.9 cm³/mol. The Labute approximate surface area is 127 Å². The van der Waals surface area contributed by atoms with Crippen molar-refractivity contribution >= 4 is 17.3 Å². The molecule has 1 saturated heterocycles. The normalized spacial score (nSPS) is 18.3. The first-order valence-corrected chi connectivity index (χ1v) is 7.97. The summed E-state index contributed by atoms with van der Waals surface area (Å²) in [5.41, 5.74) is 2.42. The van der Waals surface area contributed by atoms with Gasteiger partial charge < -0.3 is 10.2 Å². The molecule has 1 aromatic rings. The van der Waals surface area contributed by atoms with Crippen LogP contribution in [0.1, 0.15) is 31.9 Å². The average Bonchev–Trinajstić information content (AvgIpc) is 2.47. The average molecular weight is 296 g/mol. The quantitative estimate of drug-likeness (QED) is 0.900. The summed E-state index contributed by atoms with van der Waals surface area (Å²) in [7, 11) is 1.96. The van der Waals surface area contributed by atoms with E-state index in [0.29, 0.717) is 0 Å². The van der Waals surface area contributed by atoms with E-state index in [1.807, 2.05) is 7.05 Å². The molecule has 112 valence electrons. The van der Waals surface area contributed by atoms with Gasteiger partial charge in [-0.2, -0.15) is 0 Å². The molecule has 2 rings (SSSR count). The highest BCUT2D eigenvalue weighted by Gasteiger charge is 2.17. The summed E-state index contributed by atoms with van der Waals surface area (Å²) in [6.45, 7) is 10.1. The summed E-state index contributed by atoms with van der Waals surface area (Å²) in [5.74, 6) is 0. The van der Waals surface area contributed by atoms with Crippen molar-refractivity contribution in [2.45, 2.75) is 26.3 Å². The third-order valence-corrected chi connectivity index (χ3v) is 4.49. The van der Waals surface area contributed by atoms with E-state index in [1.165, 1.54) is 24.2 Å². The van der Waals surface area contributed by atoms with E-state index >= 15 is 0 Å². The summed E-state index contributed by atoms with van der Waals surface area (Å²) >= 11 is 6.42. The number of hydrogen-bond acceptors (Lipinski definition) is 3. The van der Waals surface area contributed by atoms with Crippen LogP contribution in [0.25, 0.3) is 0 Å². The van der Waals surface area contributed by atoms with Crippen LogP contribution in [-0.2, 0) is 0 Å². The molecule has 0 spiro atoms. The van der Waals surface area contributed by atoms with Crippen LogP contribution < -0.4 is 10.2 Å². The largest absolute Gasteiger partial charge is 0.369 e. The molecule has 1 aliphatic rings. The Bertz CT molecular complexity index is 428. The SMILES string of the molecule is CCCN1CCN(c2ccc(C(C)NC)c(Cl)c2)CC1. The molecule has 4 heteroatoms. The monoisotopic (exact) mass is 295 g/mol. The van der Waals surface area contributed by atoms with E-state index in [-0.39, 0.29) is 6.04 Å². The summed E-state index contributed by atoms with van der Waals surface area (Å²) in [6, 6.07) is 6.75. The summed E-state index contributed by atoms with van der Waals surface area (Å²) in [6.07, 6.45) is 1.24. The molecule has 1 atom stereocenters. The van der Waals surface area contributed by atoms with Gasteiger partial charge in [0.1, 0.15) is 0 Å². The summed E-state index contributed by atoms with van der Waals surface area (Å²) in [5, 5.41) is 4.10. The van der Waals surface area contributed by atoms with E-state index in [9.17, 15) is 0 Å². The van der Waals surface area contributed by atoms with Crippen LogP contribution >= 0.6 is 11.6 Å². The lowest BCUT2D eigenvalue weighted by atomic mass is 10.1. The van der Waals surface area contributed by atoms with Crippen molar-refractivity contribution in [3.05, 3.63) is 28.8 Å². The second kappa shape index (κ2) is 7.30. The van der Waals surface area contributed by atoms with Crippen molar-refractivity contribution in [1.82, 2.24) is 10.2 Å². The highest BCUT2D eigenvalue weighted by molar-refractivity contribution is 6.31. The van der Waals surface area contributed by atoms with Crippen LogP contribution in [0.2, 0.25) is 5.02 Å². The van der Waals surface area contributed by atoms with Crippen molar-refractivity contribution in [2.24, 2.45) is 0 Å². The minimum atomic E-state index is 0.290. The first kappa shape index (κ1) is 15.6. The maximum atomic E-state index is 6.42. The smallest absolute Gasteiger partial charge is 0.0474 e. The number of piperazine rings is 1. The molecular weight excluding hydrogens is 270 g/mol. The zero-order chi connectivity index (χ0) is 14.5. The van der Waals surface area contributed by atoms with Gasteiger partial charge in [0.15, 0.2) is 0 Å². The molecule has 1 fully saturated rings. The molecule has 1 heterocycles. The first-order valence-electron chi connectivity index (χ1n) is 7.59. The van der Waals surface area contributed by atoms with Gasteiger partial charge in [0, 0.05) is 42.9 Å². The molecule has 1 aliphatic heterocycles. The molecule has 0 aliphatic carbocycles. The number of rotatable bonds is 5. The van der Waals surface area contributed by atoms with Gasteiger partial charge in [-0.25, -0.2) is 0 Å². The van der Waals surface area contributed by atoms with E-state index in [2.05, 4.69) is 47.2 Å². The van der Waals surface area contributed by atoms with Crippen molar-refractivity contribution in [3.63, 3.8) is 0 Å². The molecule has 1 aromatic carbocycles. The van der Waals surface area contributed by atoms with Crippen LogP contribution in [0.3, 0.4) is 0 Å². The van der Waals surface area contributed by atoms with Crippen molar-refractivity contribution in [3.8, 4) is 0 Å². The van der Waals surface area contributed by atoms with Gasteiger partial charge in [-0.05, 0) is 44.6 Å². The maximum absolute atomic E-state index is 6.42. The fourth-order valence-electron chi connectivity index (χ4n) is 2.77. The molecule has 0 saturated carbocycles. The number of hydrogen-bond donors (Lipinski definition) is 1. The van der Waals surface area contributed by atoms with Gasteiger partial charge in [0.2, 0.25) is 0 Å². The number of nitrogens with one attached hydrogen (secondary N) is 1. The molecule has 0 radical (unpaired) electrons. The fraction of sp³-hybridized carbons (Fsp3) is 0.625. The van der Waals surface area contributed by atoms with E-state index in [0.717, 1.165) is 31.2 Å². The van der Waals surface area contributed by atoms with E-state index < -0.39 is 0 Å². The Morgan fingerprint density at radius 1 is 1.25 bits per heavy atom. The summed E-state index contributed by atoms with van der Waals surface area (Å²) in [4.78, 5) is 4.97. The first-order chi connectivity index (χ1) is 9.65. The van der Waals surface area contributed by atoms with Gasteiger partial charge in [0.25, 0.3) is 0 Å². The zero-order valence-electron chi connectivity index (χ0n) is 12.8. The zero-order valence-corrected chi connectivity index (χ0v) is 13.6. The minimum absolute atomic E-state index is 0.290. The molecule has 0 aromatic heterocycles. The number of nitrogens with zero attached hydrogens (tertiary/aromatic N) is 2. The highest BCUT2D eigenvalue weighted by Crippen LogP contribution is 2.28. The van der Waals surface area contributed by atoms with Gasteiger partial charge in [0.05, 0.1) is 0 Å². The third kappa shape index (κ3) is 3.66. The lowest BCUT2D eigenvalue weighted by molar-refractivity contribution is 0.258. The molecule has 3 nitrogen and oxygen atoms in total. The second-order valence-corrected chi connectivity index (χ2v) is 5.95. The Morgan fingerprint density at radius 2 is 1.95 bits per heavy atom. The van der Waals surface area contributed by atoms with E-state index in [4.69, 9.17) is 11.6 Å². The number of benzene rings is 1. The molecular formula is C16H26ClN3. The highest BCUT2D eigenvalue weighted by atomic mass is 35.5. The molecule has 1 N–H and O–H groups in total. The molecule has 1 unspecified atom stereocenters. The maximum Gasteiger partial charge on any atom is 0.0474 e. The van der Waals surface area contributed by atoms with Gasteiger partial charge in [-0.15, -0.1) is 0 Å². The predicted octanol–water partition coefficient (Wildman–Crippen LogP) is 3.15. The number of anilines is 1. The Hall–Kier alpha value is -0.770. The fourth-order valence-corrected chi connectivity index (χ4v) is 3.10. The second-order valence-electron chi connectivity index (χ2n) is 5.54. The summed E-state index contributed by atoms with van der Waals surface area (Å²) < 4.78 is 0. The van der Waals surface area contributed by atoms with Crippen LogP contribution in [0.4, 0.5) is 5.69 Å². The van der Waals surface area contributed by atoms with Crippen LogP contribution in [0.5, 0.6) is 0 Å². The molecule has 0 bridgehead atoms. The standard InChI is InChI=1S/C16H26ClN3/c1-4-7-19-8-10-20(11-9-19)14-5-6-15(13(2)18-3)16(17)12-14/h5-6,12-13,18H,4,7-11H2,1-3H3. The Morgan fingerprint density at radius 3 is 2.50 bits per heavy atom. The van der Waals surface area contributed by atoms with Crippen molar-refractivity contribution < 1.29 is 0 Å². The van der Waals surface area contributed by atoms with Gasteiger partial charge >= 0.3 is 0 Å². The van der Waals surface area contributed by atoms with Crippen LogP contribution in [0, 0.1) is 0 Å². The third-order valence-electron chi connectivity index (χ3n) is 4.16. The van der Waals surface area contributed by atoms with Crippen LogP contribution in [-0.4, -0.2) is 44.7 Å². The van der Waals surface area contributed by atoms with E-state index in [1.54, 1.807) is 0 Å². The Balaban J connectivity index is 2.02. The lowest BCUT2D eigenvalue weighted by Crippen LogP contribution is -2.46. The number of halogens is 1. The minimum Gasteiger partial charge on any atom is -0.369 e.